The lowest BCUT2D eigenvalue weighted by molar-refractivity contribution is 0.319. The highest BCUT2D eigenvalue weighted by Gasteiger charge is 2.31. The summed E-state index contributed by atoms with van der Waals surface area (Å²) in [5.74, 6) is 1.84. The molecule has 0 unspecified atom stereocenters. The molecule has 0 saturated carbocycles. The largest absolute Gasteiger partial charge is 0.314 e. The summed E-state index contributed by atoms with van der Waals surface area (Å²) >= 11 is 1.82. The maximum absolute atomic E-state index is 12.2. The molecule has 0 aliphatic carbocycles. The fourth-order valence-corrected chi connectivity index (χ4v) is 4.56. The Hall–Kier alpha value is 0.180. The maximum Gasteiger partial charge on any atom is 0.282 e. The van der Waals surface area contributed by atoms with Crippen LogP contribution in [0, 0.1) is 0 Å². The summed E-state index contributed by atoms with van der Waals surface area (Å²) in [7, 11) is -3.17. The van der Waals surface area contributed by atoms with E-state index in [-0.39, 0.29) is 0 Å². The molecule has 0 radical (unpaired) electrons. The van der Waals surface area contributed by atoms with Crippen LogP contribution in [0.5, 0.6) is 0 Å². The van der Waals surface area contributed by atoms with Gasteiger partial charge >= 0.3 is 0 Å². The maximum atomic E-state index is 12.2. The number of hydrogen-bond donors (Lipinski definition) is 1. The molecule has 0 aromatic carbocycles. The third-order valence-corrected chi connectivity index (χ3v) is 5.68. The zero-order valence-corrected chi connectivity index (χ0v) is 10.3. The summed E-state index contributed by atoms with van der Waals surface area (Å²) in [4.78, 5) is 0. The average molecular weight is 251 g/mol. The highest BCUT2D eigenvalue weighted by Crippen LogP contribution is 2.16. The summed E-state index contributed by atoms with van der Waals surface area (Å²) in [5, 5.41) is 3.16. The first-order valence-electron chi connectivity index (χ1n) is 5.25. The quantitative estimate of drug-likeness (QED) is 0.697. The van der Waals surface area contributed by atoms with Crippen molar-refractivity contribution in [2.75, 3.05) is 50.8 Å². The summed E-state index contributed by atoms with van der Waals surface area (Å²) in [6.07, 6.45) is 0. The topological polar surface area (TPSA) is 52.7 Å². The number of piperazine rings is 1. The number of nitrogens with one attached hydrogen (secondary N) is 1. The Balaban J connectivity index is 2.03. The molecule has 2 fully saturated rings. The van der Waals surface area contributed by atoms with E-state index in [0.29, 0.717) is 26.2 Å². The van der Waals surface area contributed by atoms with Crippen LogP contribution >= 0.6 is 11.8 Å². The third-order valence-electron chi connectivity index (χ3n) is 2.70. The van der Waals surface area contributed by atoms with Crippen molar-refractivity contribution < 1.29 is 8.42 Å². The van der Waals surface area contributed by atoms with Crippen LogP contribution in [0.3, 0.4) is 0 Å². The predicted octanol–water partition coefficient (Wildman–Crippen LogP) is -0.815. The second-order valence-electron chi connectivity index (χ2n) is 3.67. The van der Waals surface area contributed by atoms with Crippen molar-refractivity contribution in [3.63, 3.8) is 0 Å². The molecule has 0 atom stereocenters. The van der Waals surface area contributed by atoms with Crippen molar-refractivity contribution in [1.29, 1.82) is 0 Å². The van der Waals surface area contributed by atoms with E-state index in [1.54, 1.807) is 8.61 Å². The lowest BCUT2D eigenvalue weighted by Gasteiger charge is -2.33. The first-order valence-corrected chi connectivity index (χ1v) is 7.80. The lowest BCUT2D eigenvalue weighted by atomic mass is 10.4. The molecule has 2 heterocycles. The van der Waals surface area contributed by atoms with E-state index in [9.17, 15) is 8.42 Å². The molecule has 2 rings (SSSR count). The molecule has 1 N–H and O–H groups in total. The molecule has 88 valence electrons. The van der Waals surface area contributed by atoms with Crippen LogP contribution in [0.2, 0.25) is 0 Å². The van der Waals surface area contributed by atoms with Crippen molar-refractivity contribution in [1.82, 2.24) is 13.9 Å². The minimum Gasteiger partial charge on any atom is -0.314 e. The van der Waals surface area contributed by atoms with E-state index < -0.39 is 10.2 Å². The molecular weight excluding hydrogens is 234 g/mol. The first kappa shape index (κ1) is 11.7. The highest BCUT2D eigenvalue weighted by molar-refractivity contribution is 7.99. The number of thioether (sulfide) groups is 1. The van der Waals surface area contributed by atoms with Gasteiger partial charge in [-0.1, -0.05) is 0 Å². The van der Waals surface area contributed by atoms with E-state index in [0.717, 1.165) is 24.6 Å². The minimum absolute atomic E-state index is 0.603. The Bertz CT molecular complexity index is 271. The first-order chi connectivity index (χ1) is 7.21. The lowest BCUT2D eigenvalue weighted by Crippen LogP contribution is -2.53. The van der Waals surface area contributed by atoms with Gasteiger partial charge in [0.15, 0.2) is 0 Å². The van der Waals surface area contributed by atoms with E-state index in [1.807, 2.05) is 11.8 Å². The Labute approximate surface area is 95.4 Å². The Morgan fingerprint density at radius 3 is 2.07 bits per heavy atom. The van der Waals surface area contributed by atoms with Crippen molar-refractivity contribution in [3.8, 4) is 0 Å². The highest BCUT2D eigenvalue weighted by atomic mass is 32.2. The van der Waals surface area contributed by atoms with Gasteiger partial charge in [0.05, 0.1) is 0 Å². The molecule has 0 aromatic heterocycles. The monoisotopic (exact) mass is 251 g/mol. The van der Waals surface area contributed by atoms with Crippen LogP contribution in [-0.4, -0.2) is 67.8 Å². The number of hydrogen-bond acceptors (Lipinski definition) is 4. The van der Waals surface area contributed by atoms with Gasteiger partial charge in [0.1, 0.15) is 0 Å². The average Bonchev–Trinajstić information content (AvgIpc) is 2.31. The van der Waals surface area contributed by atoms with Gasteiger partial charge in [0.2, 0.25) is 0 Å². The van der Waals surface area contributed by atoms with Crippen LogP contribution < -0.4 is 5.32 Å². The molecule has 0 aromatic rings. The van der Waals surface area contributed by atoms with E-state index in [4.69, 9.17) is 0 Å². The van der Waals surface area contributed by atoms with Crippen molar-refractivity contribution in [2.45, 2.75) is 0 Å². The number of nitrogens with zero attached hydrogens (tertiary/aromatic N) is 2. The molecule has 2 aliphatic rings. The van der Waals surface area contributed by atoms with Crippen LogP contribution in [0.1, 0.15) is 0 Å². The fraction of sp³-hybridized carbons (Fsp3) is 1.00. The van der Waals surface area contributed by atoms with E-state index in [1.165, 1.54) is 0 Å². The Kier molecular flexibility index (Phi) is 3.89. The molecule has 0 bridgehead atoms. The second kappa shape index (κ2) is 5.01. The number of rotatable bonds is 2. The van der Waals surface area contributed by atoms with Crippen molar-refractivity contribution >= 4 is 22.0 Å². The van der Waals surface area contributed by atoms with Crippen LogP contribution in [0.25, 0.3) is 0 Å². The van der Waals surface area contributed by atoms with Gasteiger partial charge in [-0.3, -0.25) is 0 Å². The van der Waals surface area contributed by atoms with Crippen molar-refractivity contribution in [2.24, 2.45) is 0 Å². The zero-order chi connectivity index (χ0) is 10.7. The molecule has 7 heteroatoms. The SMILES string of the molecule is O=S(=O)(N1CCNCC1)N1CCSCC1. The fourth-order valence-electron chi connectivity index (χ4n) is 1.82. The molecule has 2 saturated heterocycles. The van der Waals surface area contributed by atoms with Gasteiger partial charge in [-0.05, 0) is 0 Å². The third kappa shape index (κ3) is 2.65. The van der Waals surface area contributed by atoms with Gasteiger partial charge in [-0.25, -0.2) is 0 Å². The molecule has 2 aliphatic heterocycles. The Morgan fingerprint density at radius 1 is 0.933 bits per heavy atom. The van der Waals surface area contributed by atoms with Crippen LogP contribution in [0.15, 0.2) is 0 Å². The molecular formula is C8H17N3O2S2. The van der Waals surface area contributed by atoms with Gasteiger partial charge in [-0.15, -0.1) is 0 Å². The summed E-state index contributed by atoms with van der Waals surface area (Å²) < 4.78 is 27.5. The van der Waals surface area contributed by atoms with Crippen LogP contribution in [0.4, 0.5) is 0 Å². The summed E-state index contributed by atoms with van der Waals surface area (Å²) in [5.41, 5.74) is 0. The minimum atomic E-state index is -3.17. The van der Waals surface area contributed by atoms with E-state index >= 15 is 0 Å². The molecule has 5 nitrogen and oxygen atoms in total. The van der Waals surface area contributed by atoms with Gasteiger partial charge in [0, 0.05) is 50.8 Å². The smallest absolute Gasteiger partial charge is 0.282 e. The molecule has 0 amide bonds. The van der Waals surface area contributed by atoms with Gasteiger partial charge in [0.25, 0.3) is 10.2 Å². The molecule has 15 heavy (non-hydrogen) atoms. The van der Waals surface area contributed by atoms with Gasteiger partial charge in [-0.2, -0.15) is 28.8 Å². The summed E-state index contributed by atoms with van der Waals surface area (Å²) in [6, 6.07) is 0. The second-order valence-corrected chi connectivity index (χ2v) is 6.82. The Morgan fingerprint density at radius 2 is 1.47 bits per heavy atom. The van der Waals surface area contributed by atoms with Crippen molar-refractivity contribution in [3.05, 3.63) is 0 Å². The van der Waals surface area contributed by atoms with Crippen LogP contribution in [-0.2, 0) is 10.2 Å². The predicted molar refractivity (Wildman–Crippen MR) is 62.3 cm³/mol. The molecule has 0 spiro atoms. The summed E-state index contributed by atoms with van der Waals surface area (Å²) in [6.45, 7) is 4.06. The van der Waals surface area contributed by atoms with Gasteiger partial charge < -0.3 is 5.32 Å². The zero-order valence-electron chi connectivity index (χ0n) is 8.68. The standard InChI is InChI=1S/C8H17N3O2S2/c12-15(13,10-3-1-9-2-4-10)11-5-7-14-8-6-11/h9H,1-8H2. The normalized spacial score (nSPS) is 26.7. The van der Waals surface area contributed by atoms with E-state index in [2.05, 4.69) is 5.32 Å².